The fraction of sp³-hybridized carbons (Fsp3) is 0.105. The minimum absolute atomic E-state index is 0.465. The van der Waals surface area contributed by atoms with Crippen LogP contribution < -0.4 is 15.4 Å². The fourth-order valence-electron chi connectivity index (χ4n) is 2.65. The third-order valence-electron chi connectivity index (χ3n) is 4.05. The van der Waals surface area contributed by atoms with Crippen LogP contribution in [0.3, 0.4) is 0 Å². The van der Waals surface area contributed by atoms with Gasteiger partial charge < -0.3 is 15.4 Å². The number of aryl methyl sites for hydroxylation is 1. The van der Waals surface area contributed by atoms with Crippen molar-refractivity contribution in [2.75, 3.05) is 17.7 Å². The maximum atomic E-state index is 5.96. The standard InChI is InChI=1S/C19H17ClN6O/c1-26-18-16(11-21-26)17(22-13-5-3-12(20)4-6-13)24-19(25-18)23-14-7-9-15(27-2)10-8-14/h3-11H,1-2H3,(H2,22,23,24,25). The molecular formula is C19H17ClN6O. The second-order valence-electron chi connectivity index (χ2n) is 5.89. The summed E-state index contributed by atoms with van der Waals surface area (Å²) < 4.78 is 6.90. The van der Waals surface area contributed by atoms with Crippen molar-refractivity contribution < 1.29 is 4.74 Å². The van der Waals surface area contributed by atoms with Crippen LogP contribution in [0.5, 0.6) is 5.75 Å². The first kappa shape index (κ1) is 17.1. The van der Waals surface area contributed by atoms with Gasteiger partial charge in [0.1, 0.15) is 11.6 Å². The first-order chi connectivity index (χ1) is 13.1. The highest BCUT2D eigenvalue weighted by Crippen LogP contribution is 2.27. The molecule has 7 nitrogen and oxygen atoms in total. The van der Waals surface area contributed by atoms with Gasteiger partial charge in [0.25, 0.3) is 0 Å². The second-order valence-corrected chi connectivity index (χ2v) is 6.32. The van der Waals surface area contributed by atoms with Gasteiger partial charge in [0.15, 0.2) is 5.65 Å². The second kappa shape index (κ2) is 7.13. The number of aromatic nitrogens is 4. The summed E-state index contributed by atoms with van der Waals surface area (Å²) >= 11 is 5.96. The normalized spacial score (nSPS) is 10.8. The molecule has 0 aliphatic heterocycles. The fourth-order valence-corrected chi connectivity index (χ4v) is 2.77. The van der Waals surface area contributed by atoms with Crippen LogP contribution in [0.25, 0.3) is 11.0 Å². The number of ether oxygens (including phenoxy) is 1. The first-order valence-electron chi connectivity index (χ1n) is 8.26. The van der Waals surface area contributed by atoms with Gasteiger partial charge in [0.05, 0.1) is 18.7 Å². The summed E-state index contributed by atoms with van der Waals surface area (Å²) in [6, 6.07) is 15.0. The van der Waals surface area contributed by atoms with Gasteiger partial charge in [-0.25, -0.2) is 0 Å². The van der Waals surface area contributed by atoms with Crippen LogP contribution in [0.4, 0.5) is 23.1 Å². The van der Waals surface area contributed by atoms with Crippen molar-refractivity contribution >= 4 is 45.8 Å². The maximum Gasteiger partial charge on any atom is 0.231 e. The van der Waals surface area contributed by atoms with Gasteiger partial charge in [-0.3, -0.25) is 4.68 Å². The number of hydrogen-bond donors (Lipinski definition) is 2. The summed E-state index contributed by atoms with van der Waals surface area (Å²) in [5.41, 5.74) is 2.45. The molecule has 136 valence electrons. The Kier molecular flexibility index (Phi) is 4.52. The lowest BCUT2D eigenvalue weighted by Crippen LogP contribution is -2.03. The molecule has 0 aliphatic carbocycles. The van der Waals surface area contributed by atoms with Crippen molar-refractivity contribution in [3.8, 4) is 5.75 Å². The predicted molar refractivity (Wildman–Crippen MR) is 107 cm³/mol. The summed E-state index contributed by atoms with van der Waals surface area (Å²) in [7, 11) is 3.48. The van der Waals surface area contributed by atoms with Crippen LogP contribution in [0, 0.1) is 0 Å². The molecule has 4 aromatic rings. The molecule has 27 heavy (non-hydrogen) atoms. The molecular weight excluding hydrogens is 364 g/mol. The highest BCUT2D eigenvalue weighted by atomic mass is 35.5. The quantitative estimate of drug-likeness (QED) is 0.530. The Morgan fingerprint density at radius 3 is 2.30 bits per heavy atom. The number of methoxy groups -OCH3 is 1. The van der Waals surface area contributed by atoms with Gasteiger partial charge in [-0.1, -0.05) is 11.6 Å². The monoisotopic (exact) mass is 380 g/mol. The zero-order chi connectivity index (χ0) is 18.8. The zero-order valence-corrected chi connectivity index (χ0v) is 15.5. The van der Waals surface area contributed by atoms with Crippen LogP contribution >= 0.6 is 11.6 Å². The molecule has 0 unspecified atom stereocenters. The van der Waals surface area contributed by atoms with E-state index in [1.54, 1.807) is 18.0 Å². The number of hydrogen-bond acceptors (Lipinski definition) is 6. The zero-order valence-electron chi connectivity index (χ0n) is 14.8. The Morgan fingerprint density at radius 1 is 0.926 bits per heavy atom. The SMILES string of the molecule is COc1ccc(Nc2nc(Nc3ccc(Cl)cc3)c3cnn(C)c3n2)cc1. The molecule has 0 aliphatic rings. The average Bonchev–Trinajstić information content (AvgIpc) is 3.05. The summed E-state index contributed by atoms with van der Waals surface area (Å²) in [5, 5.41) is 12.3. The Morgan fingerprint density at radius 2 is 1.59 bits per heavy atom. The molecule has 0 spiro atoms. The van der Waals surface area contributed by atoms with Crippen molar-refractivity contribution in [3.63, 3.8) is 0 Å². The molecule has 8 heteroatoms. The molecule has 2 aromatic carbocycles. The van der Waals surface area contributed by atoms with Crippen LogP contribution in [0.15, 0.2) is 54.7 Å². The van der Waals surface area contributed by atoms with Gasteiger partial charge in [-0.15, -0.1) is 0 Å². The summed E-state index contributed by atoms with van der Waals surface area (Å²) in [4.78, 5) is 9.19. The van der Waals surface area contributed by atoms with E-state index in [0.717, 1.165) is 28.2 Å². The lowest BCUT2D eigenvalue weighted by Gasteiger charge is -2.11. The van der Waals surface area contributed by atoms with E-state index in [-0.39, 0.29) is 0 Å². The lowest BCUT2D eigenvalue weighted by atomic mass is 10.3. The third kappa shape index (κ3) is 3.63. The molecule has 0 saturated carbocycles. The number of anilines is 4. The van der Waals surface area contributed by atoms with E-state index in [1.165, 1.54) is 0 Å². The van der Waals surface area contributed by atoms with E-state index in [1.807, 2.05) is 55.6 Å². The molecule has 0 amide bonds. The predicted octanol–water partition coefficient (Wildman–Crippen LogP) is 4.51. The van der Waals surface area contributed by atoms with Gasteiger partial charge in [-0.05, 0) is 48.5 Å². The van der Waals surface area contributed by atoms with Crippen molar-refractivity contribution in [2.45, 2.75) is 0 Å². The molecule has 2 aromatic heterocycles. The van der Waals surface area contributed by atoms with Crippen molar-refractivity contribution in [1.29, 1.82) is 0 Å². The van der Waals surface area contributed by atoms with E-state index in [4.69, 9.17) is 16.3 Å². The van der Waals surface area contributed by atoms with Crippen molar-refractivity contribution in [1.82, 2.24) is 19.7 Å². The van der Waals surface area contributed by atoms with Gasteiger partial charge in [0.2, 0.25) is 5.95 Å². The van der Waals surface area contributed by atoms with E-state index in [9.17, 15) is 0 Å². The van der Waals surface area contributed by atoms with Crippen LogP contribution in [-0.4, -0.2) is 26.9 Å². The molecule has 0 atom stereocenters. The number of nitrogens with zero attached hydrogens (tertiary/aromatic N) is 4. The number of benzene rings is 2. The molecule has 4 rings (SSSR count). The minimum Gasteiger partial charge on any atom is -0.497 e. The molecule has 0 bridgehead atoms. The number of halogens is 1. The number of fused-ring (bicyclic) bond motifs is 1. The van der Waals surface area contributed by atoms with Gasteiger partial charge in [0, 0.05) is 23.4 Å². The summed E-state index contributed by atoms with van der Waals surface area (Å²) in [6.07, 6.45) is 1.74. The number of nitrogens with one attached hydrogen (secondary N) is 2. The largest absolute Gasteiger partial charge is 0.497 e. The Balaban J connectivity index is 1.70. The summed E-state index contributed by atoms with van der Waals surface area (Å²) in [6.45, 7) is 0. The highest BCUT2D eigenvalue weighted by molar-refractivity contribution is 6.30. The van der Waals surface area contributed by atoms with Crippen molar-refractivity contribution in [3.05, 3.63) is 59.8 Å². The Bertz CT molecular complexity index is 1080. The van der Waals surface area contributed by atoms with E-state index >= 15 is 0 Å². The van der Waals surface area contributed by atoms with E-state index in [2.05, 4.69) is 25.7 Å². The highest BCUT2D eigenvalue weighted by Gasteiger charge is 2.12. The summed E-state index contributed by atoms with van der Waals surface area (Å²) in [5.74, 6) is 1.91. The minimum atomic E-state index is 0.465. The third-order valence-corrected chi connectivity index (χ3v) is 4.30. The number of rotatable bonds is 5. The average molecular weight is 381 g/mol. The maximum absolute atomic E-state index is 5.96. The molecule has 0 saturated heterocycles. The smallest absolute Gasteiger partial charge is 0.231 e. The van der Waals surface area contributed by atoms with Crippen molar-refractivity contribution in [2.24, 2.45) is 7.05 Å². The van der Waals surface area contributed by atoms with Crippen LogP contribution in [-0.2, 0) is 7.05 Å². The topological polar surface area (TPSA) is 76.9 Å². The lowest BCUT2D eigenvalue weighted by molar-refractivity contribution is 0.415. The molecule has 2 heterocycles. The van der Waals surface area contributed by atoms with Gasteiger partial charge in [-0.2, -0.15) is 15.1 Å². The Hall–Kier alpha value is -3.32. The van der Waals surface area contributed by atoms with Crippen LogP contribution in [0.1, 0.15) is 0 Å². The van der Waals surface area contributed by atoms with E-state index < -0.39 is 0 Å². The van der Waals surface area contributed by atoms with Gasteiger partial charge >= 0.3 is 0 Å². The molecule has 0 fully saturated rings. The molecule has 2 N–H and O–H groups in total. The first-order valence-corrected chi connectivity index (χ1v) is 8.63. The molecule has 0 radical (unpaired) electrons. The van der Waals surface area contributed by atoms with E-state index in [0.29, 0.717) is 16.8 Å². The Labute approximate surface area is 161 Å². The van der Waals surface area contributed by atoms with Crippen LogP contribution in [0.2, 0.25) is 5.02 Å².